The average molecular weight is 236 g/mol. The Balaban J connectivity index is 0.00000120. The Labute approximate surface area is 113 Å². The quantitative estimate of drug-likeness (QED) is 0.433. The van der Waals surface area contributed by atoms with E-state index in [0.717, 1.165) is 0 Å². The molecule has 0 aliphatic rings. The van der Waals surface area contributed by atoms with Crippen LogP contribution in [-0.2, 0) is 0 Å². The molecule has 0 bridgehead atoms. The fourth-order valence-corrected chi connectivity index (χ4v) is 1.49. The molecule has 0 aliphatic carbocycles. The predicted octanol–water partition coefficient (Wildman–Crippen LogP) is -3.25. The van der Waals surface area contributed by atoms with Gasteiger partial charge in [-0.15, -0.1) is 5.10 Å². The minimum absolute atomic E-state index is 0. The molecule has 84 valence electrons. The zero-order chi connectivity index (χ0) is 11.8. The summed E-state index contributed by atoms with van der Waals surface area (Å²) in [6.07, 6.45) is 3.01. The molecule has 0 spiro atoms. The third-order valence-corrected chi connectivity index (χ3v) is 2.20. The first-order valence-electron chi connectivity index (χ1n) is 4.73. The molecule has 0 saturated carbocycles. The second kappa shape index (κ2) is 4.64. The fraction of sp³-hybridized carbons (Fsp3) is 0. The van der Waals surface area contributed by atoms with Crippen LogP contribution in [0.25, 0.3) is 17.2 Å². The number of hydrogen-bond acceptors (Lipinski definition) is 6. The summed E-state index contributed by atoms with van der Waals surface area (Å²) >= 11 is 0. The van der Waals surface area contributed by atoms with Crippen LogP contribution in [0.1, 0.15) is 10.6 Å². The van der Waals surface area contributed by atoms with Crippen molar-refractivity contribution < 1.29 is 33.2 Å². The van der Waals surface area contributed by atoms with Crippen molar-refractivity contribution in [3.05, 3.63) is 36.5 Å². The Morgan fingerprint density at radius 3 is 2.89 bits per heavy atom. The molecule has 0 atom stereocenters. The molecule has 3 aromatic heterocycles. The smallest absolute Gasteiger partial charge is 0.541 e. The Morgan fingerprint density at radius 1 is 1.39 bits per heavy atom. The third-order valence-electron chi connectivity index (χ3n) is 2.20. The Morgan fingerprint density at radius 2 is 2.22 bits per heavy atom. The van der Waals surface area contributed by atoms with Crippen LogP contribution in [0, 0.1) is 0 Å². The number of aromatic carboxylic acids is 1. The number of hydrogen-bond donors (Lipinski definition) is 0. The van der Waals surface area contributed by atoms with Crippen molar-refractivity contribution in [2.24, 2.45) is 0 Å². The van der Waals surface area contributed by atoms with E-state index in [9.17, 15) is 9.90 Å². The van der Waals surface area contributed by atoms with Crippen LogP contribution in [0.3, 0.4) is 0 Å². The second-order valence-electron chi connectivity index (χ2n) is 3.24. The van der Waals surface area contributed by atoms with Gasteiger partial charge in [0.25, 0.3) is 5.78 Å². The summed E-state index contributed by atoms with van der Waals surface area (Å²) in [6.45, 7) is 0. The summed E-state index contributed by atoms with van der Waals surface area (Å²) in [6, 6.07) is 5.10. The molecule has 0 aliphatic heterocycles. The summed E-state index contributed by atoms with van der Waals surface area (Å²) in [4.78, 5) is 18.3. The van der Waals surface area contributed by atoms with Crippen molar-refractivity contribution in [2.75, 3.05) is 0 Å². The third kappa shape index (κ3) is 1.90. The molecule has 0 unspecified atom stereocenters. The van der Waals surface area contributed by atoms with E-state index in [1.807, 2.05) is 0 Å². The van der Waals surface area contributed by atoms with E-state index in [1.54, 1.807) is 18.2 Å². The molecule has 8 heteroatoms. The van der Waals surface area contributed by atoms with Crippen LogP contribution in [0.4, 0.5) is 0 Å². The SMILES string of the molecule is O=C([O-])c1nc2nccc(-c3ccco3)n2n1.[Li+]. The molecule has 7 nitrogen and oxygen atoms in total. The topological polar surface area (TPSA) is 96.3 Å². The zero-order valence-electron chi connectivity index (χ0n) is 9.40. The molecule has 0 radical (unpaired) electrons. The molecular weight excluding hydrogens is 231 g/mol. The van der Waals surface area contributed by atoms with Crippen LogP contribution in [0.2, 0.25) is 0 Å². The van der Waals surface area contributed by atoms with Crippen LogP contribution >= 0.6 is 0 Å². The molecule has 3 heterocycles. The molecule has 0 N–H and O–H groups in total. The van der Waals surface area contributed by atoms with Crippen molar-refractivity contribution in [1.29, 1.82) is 0 Å². The van der Waals surface area contributed by atoms with E-state index in [1.165, 1.54) is 17.0 Å². The standard InChI is InChI=1S/C10H6N4O3.Li/c15-9(16)8-12-10-11-4-3-6(14(10)13-8)7-2-1-5-17-7;/h1-5H,(H,15,16);/q;+1/p-1. The number of carbonyl (C=O) groups excluding carboxylic acids is 1. The molecule has 3 aromatic rings. The van der Waals surface area contributed by atoms with Gasteiger partial charge in [-0.2, -0.15) is 9.50 Å². The van der Waals surface area contributed by atoms with E-state index in [4.69, 9.17) is 4.42 Å². The van der Waals surface area contributed by atoms with Crippen molar-refractivity contribution >= 4 is 11.7 Å². The molecule has 0 amide bonds. The molecule has 18 heavy (non-hydrogen) atoms. The average Bonchev–Trinajstić information content (AvgIpc) is 2.97. The predicted molar refractivity (Wildman–Crippen MR) is 52.8 cm³/mol. The van der Waals surface area contributed by atoms with E-state index in [0.29, 0.717) is 11.5 Å². The summed E-state index contributed by atoms with van der Waals surface area (Å²) in [5.74, 6) is -1.12. The number of carbonyl (C=O) groups is 1. The van der Waals surface area contributed by atoms with E-state index >= 15 is 0 Å². The Bertz CT molecular complexity index is 692. The van der Waals surface area contributed by atoms with Crippen LogP contribution in [0.5, 0.6) is 0 Å². The molecule has 0 saturated heterocycles. The minimum atomic E-state index is -1.44. The van der Waals surface area contributed by atoms with Gasteiger partial charge in [-0.1, -0.05) is 0 Å². The van der Waals surface area contributed by atoms with Gasteiger partial charge in [0.05, 0.1) is 6.26 Å². The summed E-state index contributed by atoms with van der Waals surface area (Å²) in [7, 11) is 0. The Hall–Kier alpha value is -2.10. The van der Waals surface area contributed by atoms with Gasteiger partial charge in [0.1, 0.15) is 11.7 Å². The van der Waals surface area contributed by atoms with Gasteiger partial charge in [0.15, 0.2) is 11.6 Å². The van der Waals surface area contributed by atoms with Crippen LogP contribution in [0.15, 0.2) is 35.1 Å². The maximum absolute atomic E-state index is 10.7. The van der Waals surface area contributed by atoms with Gasteiger partial charge < -0.3 is 14.3 Å². The molecule has 0 fully saturated rings. The number of aromatic nitrogens is 4. The van der Waals surface area contributed by atoms with Crippen LogP contribution < -0.4 is 24.0 Å². The zero-order valence-corrected chi connectivity index (χ0v) is 9.40. The first-order valence-corrected chi connectivity index (χ1v) is 4.73. The van der Waals surface area contributed by atoms with Gasteiger partial charge in [0, 0.05) is 6.20 Å². The first-order chi connectivity index (χ1) is 8.25. The van der Waals surface area contributed by atoms with Gasteiger partial charge >= 0.3 is 18.9 Å². The number of nitrogens with zero attached hydrogens (tertiary/aromatic N) is 4. The summed E-state index contributed by atoms with van der Waals surface area (Å²) in [5, 5.41) is 14.5. The van der Waals surface area contributed by atoms with E-state index < -0.39 is 11.8 Å². The molecule has 3 rings (SSSR count). The van der Waals surface area contributed by atoms with E-state index in [2.05, 4.69) is 15.1 Å². The number of rotatable bonds is 2. The maximum atomic E-state index is 10.7. The fourth-order valence-electron chi connectivity index (χ4n) is 1.49. The first kappa shape index (κ1) is 12.4. The van der Waals surface area contributed by atoms with Gasteiger partial charge in [0.2, 0.25) is 0 Å². The van der Waals surface area contributed by atoms with Gasteiger partial charge in [-0.05, 0) is 18.2 Å². The second-order valence-corrected chi connectivity index (χ2v) is 3.24. The number of furan rings is 1. The van der Waals surface area contributed by atoms with Gasteiger partial charge in [-0.25, -0.2) is 4.98 Å². The van der Waals surface area contributed by atoms with Crippen molar-refractivity contribution in [3.63, 3.8) is 0 Å². The number of fused-ring (bicyclic) bond motifs is 1. The van der Waals surface area contributed by atoms with Crippen molar-refractivity contribution in [3.8, 4) is 11.5 Å². The monoisotopic (exact) mass is 236 g/mol. The number of carboxylic acids is 1. The summed E-state index contributed by atoms with van der Waals surface area (Å²) in [5.41, 5.74) is 0.569. The van der Waals surface area contributed by atoms with Crippen LogP contribution in [-0.4, -0.2) is 25.6 Å². The largest absolute Gasteiger partial charge is 1.00 e. The normalized spacial score (nSPS) is 10.2. The minimum Gasteiger partial charge on any atom is -0.541 e. The van der Waals surface area contributed by atoms with E-state index in [-0.39, 0.29) is 24.6 Å². The maximum Gasteiger partial charge on any atom is 1.00 e. The number of carboxylic acid groups (broad SMARTS) is 1. The molecule has 0 aromatic carbocycles. The Kier molecular flexibility index (Phi) is 3.19. The molecular formula is C10H5LiN4O3. The van der Waals surface area contributed by atoms with Crippen molar-refractivity contribution in [1.82, 2.24) is 19.6 Å². The summed E-state index contributed by atoms with van der Waals surface area (Å²) < 4.78 is 6.51. The van der Waals surface area contributed by atoms with Crippen molar-refractivity contribution in [2.45, 2.75) is 0 Å². The van der Waals surface area contributed by atoms with Gasteiger partial charge in [-0.3, -0.25) is 0 Å².